The molecule has 1 aromatic carbocycles. The van der Waals surface area contributed by atoms with E-state index in [9.17, 15) is 18.3 Å². The van der Waals surface area contributed by atoms with Crippen molar-refractivity contribution in [1.29, 1.82) is 0 Å². The molecule has 3 heterocycles. The Kier molecular flexibility index (Phi) is 6.81. The van der Waals surface area contributed by atoms with Gasteiger partial charge in [0.25, 0.3) is 0 Å². The third-order valence-electron chi connectivity index (χ3n) is 6.07. The molecule has 188 valence electrons. The van der Waals surface area contributed by atoms with Gasteiger partial charge in [0.1, 0.15) is 17.8 Å². The first-order chi connectivity index (χ1) is 17.2. The highest BCUT2D eigenvalue weighted by Crippen LogP contribution is 2.30. The second-order valence-corrected chi connectivity index (χ2v) is 11.1. The van der Waals surface area contributed by atoms with Gasteiger partial charge in [-0.15, -0.1) is 11.3 Å². The molecule has 13 heteroatoms. The molecular formula is C23H24N6O5S2. The number of thiophene rings is 1. The van der Waals surface area contributed by atoms with E-state index in [1.807, 2.05) is 12.1 Å². The van der Waals surface area contributed by atoms with Gasteiger partial charge in [-0.05, 0) is 36.4 Å². The Bertz CT molecular complexity index is 1470. The standard InChI is InChI=1S/C23H24N6O5S2/c24-36(32,33)34-12-15-7-16(9-20(15)30)27-23-18(10-25-13-26-23)22(31)19-5-6-29(28-19)11-17-8-14-3-1-2-4-21(14)35-17/h1-6,8,10,13,15-16,20,30H,7,9,11-12H2,(H2,24,32,33)(H,25,26,27). The Hall–Kier alpha value is -3.23. The van der Waals surface area contributed by atoms with E-state index in [1.54, 1.807) is 28.3 Å². The SMILES string of the molecule is NS(=O)(=O)OCC1CC(Nc2ncncc2C(=O)c2ccn(Cc3cc4ccccc4s3)n2)CC1O. The van der Waals surface area contributed by atoms with E-state index in [0.717, 1.165) is 4.88 Å². The predicted molar refractivity (Wildman–Crippen MR) is 134 cm³/mol. The van der Waals surface area contributed by atoms with Crippen LogP contribution in [0.15, 0.2) is 55.1 Å². The Morgan fingerprint density at radius 2 is 2.11 bits per heavy atom. The average molecular weight is 529 g/mol. The highest BCUT2D eigenvalue weighted by atomic mass is 32.2. The Balaban J connectivity index is 1.27. The lowest BCUT2D eigenvalue weighted by Gasteiger charge is -2.15. The normalized spacial score (nSPS) is 20.1. The summed E-state index contributed by atoms with van der Waals surface area (Å²) in [5, 5.41) is 24.0. The zero-order chi connectivity index (χ0) is 25.3. The van der Waals surface area contributed by atoms with E-state index < -0.39 is 22.3 Å². The molecular weight excluding hydrogens is 504 g/mol. The van der Waals surface area contributed by atoms with Crippen LogP contribution in [0, 0.1) is 5.92 Å². The number of fused-ring (bicyclic) bond motifs is 1. The lowest BCUT2D eigenvalue weighted by Crippen LogP contribution is -2.24. The van der Waals surface area contributed by atoms with Crippen LogP contribution in [0.1, 0.15) is 33.8 Å². The van der Waals surface area contributed by atoms with Gasteiger partial charge >= 0.3 is 10.3 Å². The highest BCUT2D eigenvalue weighted by Gasteiger charge is 2.34. The molecule has 0 spiro atoms. The lowest BCUT2D eigenvalue weighted by molar-refractivity contribution is 0.101. The summed E-state index contributed by atoms with van der Waals surface area (Å²) in [7, 11) is -4.09. The van der Waals surface area contributed by atoms with Gasteiger partial charge in [0, 0.05) is 33.9 Å². The van der Waals surface area contributed by atoms with Crippen LogP contribution in [0.2, 0.25) is 0 Å². The zero-order valence-electron chi connectivity index (χ0n) is 19.0. The molecule has 1 aliphatic rings. The summed E-state index contributed by atoms with van der Waals surface area (Å²) in [6.07, 6.45) is 4.48. The number of rotatable bonds is 9. The van der Waals surface area contributed by atoms with Gasteiger partial charge in [-0.25, -0.2) is 15.1 Å². The van der Waals surface area contributed by atoms with Gasteiger partial charge in [-0.1, -0.05) is 18.2 Å². The number of hydrogen-bond acceptors (Lipinski definition) is 10. The third-order valence-corrected chi connectivity index (χ3v) is 7.63. The number of aliphatic hydroxyl groups excluding tert-OH is 1. The third kappa shape index (κ3) is 5.60. The number of nitrogens with one attached hydrogen (secondary N) is 1. The largest absolute Gasteiger partial charge is 0.393 e. The maximum Gasteiger partial charge on any atom is 0.333 e. The molecule has 0 saturated heterocycles. The van der Waals surface area contributed by atoms with E-state index >= 15 is 0 Å². The van der Waals surface area contributed by atoms with E-state index in [1.165, 1.54) is 22.6 Å². The molecule has 11 nitrogen and oxygen atoms in total. The van der Waals surface area contributed by atoms with Crippen molar-refractivity contribution in [3.8, 4) is 0 Å². The number of ketones is 1. The first-order valence-corrected chi connectivity index (χ1v) is 13.5. The first-order valence-electron chi connectivity index (χ1n) is 11.2. The van der Waals surface area contributed by atoms with Crippen LogP contribution < -0.4 is 10.5 Å². The number of nitrogens with zero attached hydrogens (tertiary/aromatic N) is 4. The second-order valence-electron chi connectivity index (χ2n) is 8.68. The maximum atomic E-state index is 13.2. The fourth-order valence-electron chi connectivity index (χ4n) is 4.37. The highest BCUT2D eigenvalue weighted by molar-refractivity contribution is 7.84. The Labute approximate surface area is 211 Å². The summed E-state index contributed by atoms with van der Waals surface area (Å²) in [4.78, 5) is 22.6. The van der Waals surface area contributed by atoms with Crippen molar-refractivity contribution in [1.82, 2.24) is 19.7 Å². The molecule has 0 amide bonds. The van der Waals surface area contributed by atoms with Crippen LogP contribution in [-0.4, -0.2) is 57.8 Å². The molecule has 0 bridgehead atoms. The fraction of sp³-hybridized carbons (Fsp3) is 0.304. The topological polar surface area (TPSA) is 162 Å². The van der Waals surface area contributed by atoms with Gasteiger partial charge < -0.3 is 10.4 Å². The molecule has 5 rings (SSSR count). The summed E-state index contributed by atoms with van der Waals surface area (Å²) in [6, 6.07) is 11.7. The summed E-state index contributed by atoms with van der Waals surface area (Å²) in [5.74, 6) is -0.438. The van der Waals surface area contributed by atoms with Crippen LogP contribution in [-0.2, 0) is 21.0 Å². The number of anilines is 1. The molecule has 0 aliphatic heterocycles. The summed E-state index contributed by atoms with van der Waals surface area (Å²) >= 11 is 1.69. The number of hydrogen-bond donors (Lipinski definition) is 3. The minimum Gasteiger partial charge on any atom is -0.393 e. The molecule has 3 aromatic heterocycles. The Morgan fingerprint density at radius 1 is 1.28 bits per heavy atom. The van der Waals surface area contributed by atoms with Crippen molar-refractivity contribution >= 4 is 43.3 Å². The van der Waals surface area contributed by atoms with Crippen molar-refractivity contribution in [3.63, 3.8) is 0 Å². The zero-order valence-corrected chi connectivity index (χ0v) is 20.7. The van der Waals surface area contributed by atoms with E-state index in [-0.39, 0.29) is 29.7 Å². The van der Waals surface area contributed by atoms with Gasteiger partial charge in [0.05, 0.1) is 24.8 Å². The Morgan fingerprint density at radius 3 is 2.92 bits per heavy atom. The monoisotopic (exact) mass is 528 g/mol. The second kappa shape index (κ2) is 10.0. The number of aromatic nitrogens is 4. The molecule has 36 heavy (non-hydrogen) atoms. The molecule has 4 aromatic rings. The molecule has 3 atom stereocenters. The summed E-state index contributed by atoms with van der Waals surface area (Å²) in [6.45, 7) is 0.329. The lowest BCUT2D eigenvalue weighted by atomic mass is 10.1. The van der Waals surface area contributed by atoms with Gasteiger partial charge in [-0.3, -0.25) is 13.7 Å². The van der Waals surface area contributed by atoms with Gasteiger partial charge in [-0.2, -0.15) is 13.5 Å². The maximum absolute atomic E-state index is 13.2. The van der Waals surface area contributed by atoms with Crippen LogP contribution in [0.5, 0.6) is 0 Å². The molecule has 1 aliphatic carbocycles. The number of benzene rings is 1. The predicted octanol–water partition coefficient (Wildman–Crippen LogP) is 1.94. The minimum absolute atomic E-state index is 0.217. The van der Waals surface area contributed by atoms with Crippen LogP contribution >= 0.6 is 11.3 Å². The fourth-order valence-corrected chi connectivity index (χ4v) is 5.79. The van der Waals surface area contributed by atoms with Crippen molar-refractivity contribution < 1.29 is 22.5 Å². The molecule has 1 saturated carbocycles. The van der Waals surface area contributed by atoms with Crippen LogP contribution in [0.3, 0.4) is 0 Å². The molecule has 3 unspecified atom stereocenters. The van der Waals surface area contributed by atoms with E-state index in [2.05, 4.69) is 42.8 Å². The van der Waals surface area contributed by atoms with Crippen molar-refractivity contribution in [2.45, 2.75) is 31.5 Å². The summed E-state index contributed by atoms with van der Waals surface area (Å²) < 4.78 is 29.7. The first kappa shape index (κ1) is 24.5. The smallest absolute Gasteiger partial charge is 0.333 e. The number of aliphatic hydroxyl groups is 1. The van der Waals surface area contributed by atoms with Gasteiger partial charge in [0.2, 0.25) is 5.78 Å². The number of nitrogens with two attached hydrogens (primary N) is 1. The van der Waals surface area contributed by atoms with Crippen molar-refractivity contribution in [2.24, 2.45) is 11.1 Å². The van der Waals surface area contributed by atoms with Gasteiger partial charge in [0.15, 0.2) is 0 Å². The molecule has 1 fully saturated rings. The quantitative estimate of drug-likeness (QED) is 0.276. The van der Waals surface area contributed by atoms with Crippen LogP contribution in [0.25, 0.3) is 10.1 Å². The van der Waals surface area contributed by atoms with E-state index in [0.29, 0.717) is 25.2 Å². The number of carbonyl (C=O) groups excluding carboxylic acids is 1. The van der Waals surface area contributed by atoms with Crippen molar-refractivity contribution in [2.75, 3.05) is 11.9 Å². The van der Waals surface area contributed by atoms with Crippen molar-refractivity contribution in [3.05, 3.63) is 71.3 Å². The van der Waals surface area contributed by atoms with Crippen LogP contribution in [0.4, 0.5) is 5.82 Å². The molecule has 4 N–H and O–H groups in total. The van der Waals surface area contributed by atoms with E-state index in [4.69, 9.17) is 5.14 Å². The average Bonchev–Trinajstić information content (AvgIpc) is 3.55. The molecule has 0 radical (unpaired) electrons. The summed E-state index contributed by atoms with van der Waals surface area (Å²) in [5.41, 5.74) is 0.517. The number of carbonyl (C=O) groups is 1. The minimum atomic E-state index is -4.09.